The Kier molecular flexibility index (Phi) is 5.31. The lowest BCUT2D eigenvalue weighted by Gasteiger charge is -2.13. The van der Waals surface area contributed by atoms with Gasteiger partial charge in [0.05, 0.1) is 23.9 Å². The third kappa shape index (κ3) is 3.91. The highest BCUT2D eigenvalue weighted by atomic mass is 16.5. The molecule has 3 aromatic rings. The summed E-state index contributed by atoms with van der Waals surface area (Å²) in [6, 6.07) is 12.8. The molecule has 0 unspecified atom stereocenters. The third-order valence-electron chi connectivity index (χ3n) is 3.93. The van der Waals surface area contributed by atoms with Gasteiger partial charge in [0.2, 0.25) is 5.91 Å². The number of aromatic nitrogens is 2. The molecule has 6 heteroatoms. The number of hydrogen-bond acceptors (Lipinski definition) is 4. The minimum absolute atomic E-state index is 0.162. The third-order valence-corrected chi connectivity index (χ3v) is 3.93. The Morgan fingerprint density at radius 2 is 2.04 bits per heavy atom. The number of anilines is 1. The number of benzene rings is 2. The van der Waals surface area contributed by atoms with Crippen molar-refractivity contribution in [2.45, 2.75) is 26.8 Å². The molecule has 0 spiro atoms. The first-order chi connectivity index (χ1) is 12.6. The molecule has 0 aliphatic heterocycles. The number of fused-ring (bicyclic) bond motifs is 1. The molecule has 0 aliphatic rings. The highest BCUT2D eigenvalue weighted by molar-refractivity contribution is 5.92. The molecule has 1 amide bonds. The van der Waals surface area contributed by atoms with Gasteiger partial charge in [-0.05, 0) is 37.1 Å². The van der Waals surface area contributed by atoms with Crippen LogP contribution in [0, 0.1) is 6.92 Å². The molecule has 134 valence electrons. The zero-order valence-electron chi connectivity index (χ0n) is 14.9. The van der Waals surface area contributed by atoms with Gasteiger partial charge in [-0.1, -0.05) is 31.2 Å². The molecule has 0 bridgehead atoms. The van der Waals surface area contributed by atoms with Crippen LogP contribution in [0.1, 0.15) is 18.9 Å². The molecular formula is C20H21N3O3. The summed E-state index contributed by atoms with van der Waals surface area (Å²) >= 11 is 0. The Balaban J connectivity index is 1.79. The zero-order chi connectivity index (χ0) is 18.5. The summed E-state index contributed by atoms with van der Waals surface area (Å²) in [5.41, 5.74) is 1.34. The normalized spacial score (nSPS) is 10.7. The van der Waals surface area contributed by atoms with E-state index in [1.807, 2.05) is 38.1 Å². The van der Waals surface area contributed by atoms with E-state index in [0.717, 1.165) is 17.4 Å². The Morgan fingerprint density at radius 1 is 1.23 bits per heavy atom. The van der Waals surface area contributed by atoms with Crippen LogP contribution in [0.25, 0.3) is 10.8 Å². The summed E-state index contributed by atoms with van der Waals surface area (Å²) in [5, 5.41) is 8.19. The van der Waals surface area contributed by atoms with E-state index in [1.54, 1.807) is 24.4 Å². The molecule has 0 saturated carbocycles. The van der Waals surface area contributed by atoms with E-state index in [2.05, 4.69) is 10.4 Å². The maximum Gasteiger partial charge on any atom is 0.275 e. The number of aryl methyl sites for hydroxylation is 1. The Hall–Kier alpha value is -3.15. The number of hydrogen-bond donors (Lipinski definition) is 1. The largest absolute Gasteiger partial charge is 0.491 e. The Bertz CT molecular complexity index is 995. The van der Waals surface area contributed by atoms with Crippen LogP contribution in [0.4, 0.5) is 5.69 Å². The lowest BCUT2D eigenvalue weighted by molar-refractivity contribution is -0.117. The van der Waals surface area contributed by atoms with Crippen molar-refractivity contribution in [1.82, 2.24) is 9.78 Å². The van der Waals surface area contributed by atoms with E-state index in [4.69, 9.17) is 4.74 Å². The van der Waals surface area contributed by atoms with E-state index in [1.165, 1.54) is 4.68 Å². The molecule has 0 atom stereocenters. The first kappa shape index (κ1) is 17.7. The summed E-state index contributed by atoms with van der Waals surface area (Å²) in [4.78, 5) is 24.9. The lowest BCUT2D eigenvalue weighted by Crippen LogP contribution is -2.29. The van der Waals surface area contributed by atoms with Gasteiger partial charge >= 0.3 is 0 Å². The monoisotopic (exact) mass is 351 g/mol. The van der Waals surface area contributed by atoms with E-state index >= 15 is 0 Å². The van der Waals surface area contributed by atoms with Crippen molar-refractivity contribution in [3.63, 3.8) is 0 Å². The molecule has 1 aromatic heterocycles. The van der Waals surface area contributed by atoms with Crippen LogP contribution in [0.2, 0.25) is 0 Å². The average molecular weight is 351 g/mol. The van der Waals surface area contributed by atoms with Gasteiger partial charge in [0.1, 0.15) is 12.3 Å². The summed E-state index contributed by atoms with van der Waals surface area (Å²) in [6.07, 6.45) is 2.46. The van der Waals surface area contributed by atoms with Crippen LogP contribution in [0.3, 0.4) is 0 Å². The van der Waals surface area contributed by atoms with Gasteiger partial charge in [-0.2, -0.15) is 5.10 Å². The summed E-state index contributed by atoms with van der Waals surface area (Å²) in [5.74, 6) is 0.291. The standard InChI is InChI=1S/C20H21N3O3/c1-3-10-26-18-11-14(2)8-9-17(18)22-19(24)13-23-20(25)16-7-5-4-6-15(16)12-21-23/h4-9,11-12H,3,10,13H2,1-2H3,(H,22,24). The van der Waals surface area contributed by atoms with Crippen LogP contribution in [-0.4, -0.2) is 22.3 Å². The fourth-order valence-corrected chi connectivity index (χ4v) is 2.63. The van der Waals surface area contributed by atoms with Crippen molar-refractivity contribution in [2.24, 2.45) is 0 Å². The quantitative estimate of drug-likeness (QED) is 0.740. The second-order valence-electron chi connectivity index (χ2n) is 6.09. The molecule has 2 aromatic carbocycles. The smallest absolute Gasteiger partial charge is 0.275 e. The van der Waals surface area contributed by atoms with Gasteiger partial charge in [0.25, 0.3) is 5.56 Å². The molecule has 1 heterocycles. The summed E-state index contributed by atoms with van der Waals surface area (Å²) in [7, 11) is 0. The number of carbonyl (C=O) groups is 1. The lowest BCUT2D eigenvalue weighted by atomic mass is 10.2. The molecule has 1 N–H and O–H groups in total. The van der Waals surface area contributed by atoms with E-state index in [-0.39, 0.29) is 18.0 Å². The summed E-state index contributed by atoms with van der Waals surface area (Å²) < 4.78 is 6.87. The summed E-state index contributed by atoms with van der Waals surface area (Å²) in [6.45, 7) is 4.39. The fraction of sp³-hybridized carbons (Fsp3) is 0.250. The first-order valence-electron chi connectivity index (χ1n) is 8.56. The SMILES string of the molecule is CCCOc1cc(C)ccc1NC(=O)Cn1ncc2ccccc2c1=O. The maximum atomic E-state index is 12.5. The van der Waals surface area contributed by atoms with Gasteiger partial charge in [0, 0.05) is 5.39 Å². The molecular weight excluding hydrogens is 330 g/mol. The topological polar surface area (TPSA) is 73.2 Å². The van der Waals surface area contributed by atoms with Crippen LogP contribution in [-0.2, 0) is 11.3 Å². The van der Waals surface area contributed by atoms with Gasteiger partial charge in [0.15, 0.2) is 0 Å². The minimum Gasteiger partial charge on any atom is -0.491 e. The number of carbonyl (C=O) groups excluding carboxylic acids is 1. The molecule has 0 fully saturated rings. The highest BCUT2D eigenvalue weighted by Gasteiger charge is 2.11. The second kappa shape index (κ2) is 7.82. The van der Waals surface area contributed by atoms with Crippen molar-refractivity contribution < 1.29 is 9.53 Å². The molecule has 26 heavy (non-hydrogen) atoms. The fourth-order valence-electron chi connectivity index (χ4n) is 2.63. The zero-order valence-corrected chi connectivity index (χ0v) is 14.9. The van der Waals surface area contributed by atoms with Crippen LogP contribution in [0.5, 0.6) is 5.75 Å². The van der Waals surface area contributed by atoms with Crippen molar-refractivity contribution >= 4 is 22.4 Å². The number of amides is 1. The number of nitrogens with one attached hydrogen (secondary N) is 1. The first-order valence-corrected chi connectivity index (χ1v) is 8.56. The van der Waals surface area contributed by atoms with Gasteiger partial charge in [-0.3, -0.25) is 9.59 Å². The van der Waals surface area contributed by atoms with E-state index < -0.39 is 0 Å². The Labute approximate surface area is 151 Å². The van der Waals surface area contributed by atoms with E-state index in [0.29, 0.717) is 23.4 Å². The molecule has 0 radical (unpaired) electrons. The van der Waals surface area contributed by atoms with Crippen molar-refractivity contribution in [3.8, 4) is 5.75 Å². The Morgan fingerprint density at radius 3 is 2.85 bits per heavy atom. The van der Waals surface area contributed by atoms with Crippen molar-refractivity contribution in [1.29, 1.82) is 0 Å². The van der Waals surface area contributed by atoms with Crippen LogP contribution < -0.4 is 15.6 Å². The minimum atomic E-state index is -0.333. The number of rotatable bonds is 6. The molecule has 0 aliphatic carbocycles. The average Bonchev–Trinajstić information content (AvgIpc) is 2.64. The number of nitrogens with zero attached hydrogens (tertiary/aromatic N) is 2. The molecule has 6 nitrogen and oxygen atoms in total. The van der Waals surface area contributed by atoms with Gasteiger partial charge in [-0.25, -0.2) is 4.68 Å². The van der Waals surface area contributed by atoms with Gasteiger partial charge < -0.3 is 10.1 Å². The predicted molar refractivity (Wildman–Crippen MR) is 102 cm³/mol. The van der Waals surface area contributed by atoms with E-state index in [9.17, 15) is 9.59 Å². The second-order valence-corrected chi connectivity index (χ2v) is 6.09. The van der Waals surface area contributed by atoms with Crippen LogP contribution in [0.15, 0.2) is 53.5 Å². The van der Waals surface area contributed by atoms with Gasteiger partial charge in [-0.15, -0.1) is 0 Å². The molecule has 0 saturated heterocycles. The van der Waals surface area contributed by atoms with Crippen molar-refractivity contribution in [3.05, 3.63) is 64.6 Å². The molecule has 3 rings (SSSR count). The predicted octanol–water partition coefficient (Wildman–Crippen LogP) is 3.13. The maximum absolute atomic E-state index is 12.5. The number of ether oxygens (including phenoxy) is 1. The van der Waals surface area contributed by atoms with Crippen molar-refractivity contribution in [2.75, 3.05) is 11.9 Å². The highest BCUT2D eigenvalue weighted by Crippen LogP contribution is 2.26. The van der Waals surface area contributed by atoms with Crippen LogP contribution >= 0.6 is 0 Å².